The minimum absolute atomic E-state index is 0.0828. The fraction of sp³-hybridized carbons (Fsp3) is 0.800. The molecule has 0 radical (unpaired) electrons. The van der Waals surface area contributed by atoms with Crippen molar-refractivity contribution in [2.45, 2.75) is 32.8 Å². The van der Waals surface area contributed by atoms with Gasteiger partial charge in [0.25, 0.3) is 0 Å². The Balaban J connectivity index is 2.32. The number of aliphatic hydroxyl groups excluding tert-OH is 1. The van der Waals surface area contributed by atoms with Crippen molar-refractivity contribution in [3.8, 4) is 0 Å². The van der Waals surface area contributed by atoms with E-state index in [4.69, 9.17) is 0 Å². The molecule has 2 bridgehead atoms. The standard InChI is InChI=1S/C10H16O/c1-6-8-4-7(5-9(8)11)10(6,2)3/h7-9,11H,1,4-5H2,2-3H3. The molecule has 1 heteroatoms. The van der Waals surface area contributed by atoms with Gasteiger partial charge in [-0.25, -0.2) is 0 Å². The summed E-state index contributed by atoms with van der Waals surface area (Å²) in [5.41, 5.74) is 1.57. The van der Waals surface area contributed by atoms with Crippen LogP contribution in [0.5, 0.6) is 0 Å². The lowest BCUT2D eigenvalue weighted by Crippen LogP contribution is -2.29. The molecule has 1 nitrogen and oxygen atoms in total. The monoisotopic (exact) mass is 152 g/mol. The minimum atomic E-state index is -0.0828. The van der Waals surface area contributed by atoms with E-state index in [1.807, 2.05) is 0 Å². The first-order valence-electron chi connectivity index (χ1n) is 4.41. The van der Waals surface area contributed by atoms with Crippen molar-refractivity contribution in [3.63, 3.8) is 0 Å². The highest BCUT2D eigenvalue weighted by molar-refractivity contribution is 5.25. The van der Waals surface area contributed by atoms with Crippen LogP contribution in [0, 0.1) is 17.3 Å². The molecule has 2 rings (SSSR count). The zero-order valence-corrected chi connectivity index (χ0v) is 7.30. The molecule has 2 fully saturated rings. The molecule has 1 N–H and O–H groups in total. The van der Waals surface area contributed by atoms with E-state index in [0.29, 0.717) is 17.3 Å². The van der Waals surface area contributed by atoms with Gasteiger partial charge in [0.05, 0.1) is 6.10 Å². The minimum Gasteiger partial charge on any atom is -0.392 e. The van der Waals surface area contributed by atoms with Crippen LogP contribution in [0.25, 0.3) is 0 Å². The van der Waals surface area contributed by atoms with Gasteiger partial charge >= 0.3 is 0 Å². The third-order valence-corrected chi connectivity index (χ3v) is 3.82. The highest BCUT2D eigenvalue weighted by Gasteiger charge is 2.52. The van der Waals surface area contributed by atoms with Gasteiger partial charge in [0, 0.05) is 5.92 Å². The zero-order valence-electron chi connectivity index (χ0n) is 7.30. The van der Waals surface area contributed by atoms with Gasteiger partial charge in [-0.3, -0.25) is 0 Å². The summed E-state index contributed by atoms with van der Waals surface area (Å²) in [7, 11) is 0. The van der Waals surface area contributed by atoms with Crippen LogP contribution < -0.4 is 0 Å². The predicted molar refractivity (Wildman–Crippen MR) is 45.1 cm³/mol. The summed E-state index contributed by atoms with van der Waals surface area (Å²) in [4.78, 5) is 0. The first-order valence-corrected chi connectivity index (χ1v) is 4.41. The van der Waals surface area contributed by atoms with Crippen molar-refractivity contribution in [2.75, 3.05) is 0 Å². The largest absolute Gasteiger partial charge is 0.392 e. The van der Waals surface area contributed by atoms with Crippen molar-refractivity contribution in [1.82, 2.24) is 0 Å². The fourth-order valence-electron chi connectivity index (χ4n) is 2.72. The van der Waals surface area contributed by atoms with E-state index in [9.17, 15) is 5.11 Å². The van der Waals surface area contributed by atoms with Gasteiger partial charge in [0.15, 0.2) is 0 Å². The number of aliphatic hydroxyl groups is 1. The Bertz CT molecular complexity index is 205. The highest BCUT2D eigenvalue weighted by Crippen LogP contribution is 2.58. The van der Waals surface area contributed by atoms with Crippen molar-refractivity contribution in [1.29, 1.82) is 0 Å². The summed E-state index contributed by atoms with van der Waals surface area (Å²) in [6, 6.07) is 0. The van der Waals surface area contributed by atoms with E-state index >= 15 is 0 Å². The molecule has 11 heavy (non-hydrogen) atoms. The Morgan fingerprint density at radius 1 is 1.45 bits per heavy atom. The lowest BCUT2D eigenvalue weighted by molar-refractivity contribution is 0.108. The predicted octanol–water partition coefficient (Wildman–Crippen LogP) is 1.97. The highest BCUT2D eigenvalue weighted by atomic mass is 16.3. The van der Waals surface area contributed by atoms with E-state index in [1.165, 1.54) is 12.0 Å². The van der Waals surface area contributed by atoms with Gasteiger partial charge in [-0.05, 0) is 24.2 Å². The van der Waals surface area contributed by atoms with Crippen LogP contribution in [-0.4, -0.2) is 11.2 Å². The molecule has 0 aromatic carbocycles. The van der Waals surface area contributed by atoms with E-state index in [0.717, 1.165) is 6.42 Å². The average molecular weight is 152 g/mol. The zero-order chi connectivity index (χ0) is 8.22. The average Bonchev–Trinajstić information content (AvgIpc) is 2.36. The summed E-state index contributed by atoms with van der Waals surface area (Å²) in [5.74, 6) is 1.10. The van der Waals surface area contributed by atoms with Crippen LogP contribution in [0.3, 0.4) is 0 Å². The molecule has 3 unspecified atom stereocenters. The van der Waals surface area contributed by atoms with Crippen molar-refractivity contribution in [3.05, 3.63) is 12.2 Å². The second-order valence-electron chi connectivity index (χ2n) is 4.59. The number of rotatable bonds is 0. The first kappa shape index (κ1) is 7.35. The molecule has 62 valence electrons. The maximum absolute atomic E-state index is 9.56. The smallest absolute Gasteiger partial charge is 0.0608 e. The summed E-state index contributed by atoms with van der Waals surface area (Å²) >= 11 is 0. The van der Waals surface area contributed by atoms with Crippen LogP contribution in [0.2, 0.25) is 0 Å². The first-order chi connectivity index (χ1) is 5.03. The topological polar surface area (TPSA) is 20.2 Å². The van der Waals surface area contributed by atoms with Crippen LogP contribution in [0.15, 0.2) is 12.2 Å². The SMILES string of the molecule is C=C1C2CC(CC2O)C1(C)C. The number of hydrogen-bond acceptors (Lipinski definition) is 1. The van der Waals surface area contributed by atoms with Gasteiger partial charge in [0.1, 0.15) is 0 Å². The molecule has 0 amide bonds. The van der Waals surface area contributed by atoms with Crippen LogP contribution in [0.1, 0.15) is 26.7 Å². The molecule has 0 aromatic heterocycles. The van der Waals surface area contributed by atoms with E-state index < -0.39 is 0 Å². The molecule has 0 heterocycles. The van der Waals surface area contributed by atoms with Gasteiger partial charge in [0.2, 0.25) is 0 Å². The Labute approximate surface area is 68.1 Å². The molecule has 0 spiro atoms. The van der Waals surface area contributed by atoms with E-state index in [1.54, 1.807) is 0 Å². The Kier molecular flexibility index (Phi) is 1.26. The Hall–Kier alpha value is -0.300. The van der Waals surface area contributed by atoms with Gasteiger partial charge in [-0.15, -0.1) is 0 Å². The Morgan fingerprint density at radius 2 is 2.09 bits per heavy atom. The van der Waals surface area contributed by atoms with Crippen molar-refractivity contribution < 1.29 is 5.11 Å². The van der Waals surface area contributed by atoms with Gasteiger partial charge < -0.3 is 5.11 Å². The van der Waals surface area contributed by atoms with Gasteiger partial charge in [-0.2, -0.15) is 0 Å². The fourth-order valence-corrected chi connectivity index (χ4v) is 2.72. The molecular formula is C10H16O. The molecule has 3 atom stereocenters. The van der Waals surface area contributed by atoms with E-state index in [2.05, 4.69) is 20.4 Å². The lowest BCUT2D eigenvalue weighted by atomic mass is 9.73. The molecule has 0 saturated heterocycles. The van der Waals surface area contributed by atoms with Crippen LogP contribution in [0.4, 0.5) is 0 Å². The second-order valence-corrected chi connectivity index (χ2v) is 4.59. The Morgan fingerprint density at radius 3 is 2.45 bits per heavy atom. The third-order valence-electron chi connectivity index (χ3n) is 3.82. The quantitative estimate of drug-likeness (QED) is 0.526. The lowest BCUT2D eigenvalue weighted by Gasteiger charge is -2.34. The summed E-state index contributed by atoms with van der Waals surface area (Å²) < 4.78 is 0. The van der Waals surface area contributed by atoms with Crippen LogP contribution in [-0.2, 0) is 0 Å². The number of fused-ring (bicyclic) bond motifs is 2. The maximum Gasteiger partial charge on any atom is 0.0608 e. The molecule has 0 aromatic rings. The molecule has 2 aliphatic rings. The van der Waals surface area contributed by atoms with Crippen LogP contribution >= 0.6 is 0 Å². The van der Waals surface area contributed by atoms with Gasteiger partial charge in [-0.1, -0.05) is 26.0 Å². The summed E-state index contributed by atoms with van der Waals surface area (Å²) in [5, 5.41) is 9.56. The molecule has 0 aliphatic heterocycles. The number of hydrogen-bond donors (Lipinski definition) is 1. The third kappa shape index (κ3) is 0.750. The molecule has 2 saturated carbocycles. The second kappa shape index (κ2) is 1.89. The summed E-state index contributed by atoms with van der Waals surface area (Å²) in [6.45, 7) is 8.59. The normalized spacial score (nSPS) is 46.8. The molecule has 2 aliphatic carbocycles. The van der Waals surface area contributed by atoms with Crippen molar-refractivity contribution in [2.24, 2.45) is 17.3 Å². The maximum atomic E-state index is 9.56. The summed E-state index contributed by atoms with van der Waals surface area (Å²) in [6.07, 6.45) is 2.09. The van der Waals surface area contributed by atoms with Crippen molar-refractivity contribution >= 4 is 0 Å². The van der Waals surface area contributed by atoms with E-state index in [-0.39, 0.29) is 6.10 Å². The molecular weight excluding hydrogens is 136 g/mol.